The van der Waals surface area contributed by atoms with E-state index in [1.165, 1.54) is 0 Å². The lowest BCUT2D eigenvalue weighted by molar-refractivity contribution is -0.150. The van der Waals surface area contributed by atoms with E-state index in [9.17, 15) is 26.7 Å². The highest BCUT2D eigenvalue weighted by atomic mass is 19.3. The number of nitrogens with zero attached hydrogens (tertiary/aromatic N) is 1. The maximum Gasteiger partial charge on any atom is 0.387 e. The van der Waals surface area contributed by atoms with Crippen molar-refractivity contribution in [1.29, 1.82) is 0 Å². The average Bonchev–Trinajstić information content (AvgIpc) is 2.64. The minimum Gasteiger partial charge on any atom is -0.486 e. The first kappa shape index (κ1) is 22.1. The third-order valence-electron chi connectivity index (χ3n) is 6.31. The van der Waals surface area contributed by atoms with Gasteiger partial charge in [-0.1, -0.05) is 0 Å². The summed E-state index contributed by atoms with van der Waals surface area (Å²) in [6.45, 7) is -3.40. The molecule has 31 heavy (non-hydrogen) atoms. The van der Waals surface area contributed by atoms with E-state index in [1.807, 2.05) is 4.90 Å². The van der Waals surface area contributed by atoms with Crippen LogP contribution in [0.25, 0.3) is 0 Å². The predicted molar refractivity (Wildman–Crippen MR) is 101 cm³/mol. The smallest absolute Gasteiger partial charge is 0.387 e. The minimum absolute atomic E-state index is 0.0276. The third-order valence-corrected chi connectivity index (χ3v) is 6.31. The molecular formula is C21H25F5N2O3. The largest absolute Gasteiger partial charge is 0.486 e. The van der Waals surface area contributed by atoms with E-state index < -0.39 is 18.4 Å². The van der Waals surface area contributed by atoms with Gasteiger partial charge in [0.1, 0.15) is 11.9 Å². The van der Waals surface area contributed by atoms with Crippen LogP contribution in [0.4, 0.5) is 22.0 Å². The SMILES string of the molecule is O=C(NC1CCC(N2CC(F)(F)C2)CC1)C1CC(Oc2cc(F)ccc2OC(F)F)C1. The van der Waals surface area contributed by atoms with E-state index >= 15 is 0 Å². The molecule has 5 nitrogen and oxygen atoms in total. The van der Waals surface area contributed by atoms with Crippen LogP contribution in [0.2, 0.25) is 0 Å². The molecule has 1 amide bonds. The number of amides is 1. The molecule has 1 N–H and O–H groups in total. The Labute approximate surface area is 176 Å². The lowest BCUT2D eigenvalue weighted by Crippen LogP contribution is -2.61. The zero-order valence-corrected chi connectivity index (χ0v) is 16.8. The Balaban J connectivity index is 1.19. The summed E-state index contributed by atoms with van der Waals surface area (Å²) in [6.07, 6.45) is 3.48. The first-order valence-corrected chi connectivity index (χ1v) is 10.5. The van der Waals surface area contributed by atoms with E-state index in [0.29, 0.717) is 12.8 Å². The van der Waals surface area contributed by atoms with Crippen molar-refractivity contribution in [3.63, 3.8) is 0 Å². The number of carbonyl (C=O) groups is 1. The van der Waals surface area contributed by atoms with Gasteiger partial charge in [-0.3, -0.25) is 9.69 Å². The number of ether oxygens (including phenoxy) is 2. The van der Waals surface area contributed by atoms with Crippen LogP contribution in [-0.2, 0) is 4.79 Å². The molecule has 0 spiro atoms. The van der Waals surface area contributed by atoms with Gasteiger partial charge >= 0.3 is 6.61 Å². The molecule has 10 heteroatoms. The molecule has 3 aliphatic rings. The Morgan fingerprint density at radius 1 is 1.10 bits per heavy atom. The van der Waals surface area contributed by atoms with Crippen LogP contribution < -0.4 is 14.8 Å². The first-order valence-electron chi connectivity index (χ1n) is 10.5. The third kappa shape index (κ3) is 5.39. The van der Waals surface area contributed by atoms with Crippen LogP contribution in [0.5, 0.6) is 11.5 Å². The van der Waals surface area contributed by atoms with Crippen molar-refractivity contribution in [3.05, 3.63) is 24.0 Å². The highest BCUT2D eigenvalue weighted by molar-refractivity contribution is 5.80. The predicted octanol–water partition coefficient (Wildman–Crippen LogP) is 3.96. The number of benzene rings is 1. The van der Waals surface area contributed by atoms with E-state index in [1.54, 1.807) is 0 Å². The highest BCUT2D eigenvalue weighted by Crippen LogP contribution is 2.37. The van der Waals surface area contributed by atoms with Gasteiger partial charge in [0.15, 0.2) is 11.5 Å². The Kier molecular flexibility index (Phi) is 6.27. The summed E-state index contributed by atoms with van der Waals surface area (Å²) in [6, 6.07) is 3.25. The summed E-state index contributed by atoms with van der Waals surface area (Å²) in [5.74, 6) is -3.92. The van der Waals surface area contributed by atoms with E-state index in [0.717, 1.165) is 43.9 Å². The monoisotopic (exact) mass is 448 g/mol. The van der Waals surface area contributed by atoms with Crippen LogP contribution in [0.1, 0.15) is 38.5 Å². The summed E-state index contributed by atoms with van der Waals surface area (Å²) in [5, 5.41) is 3.02. The minimum atomic E-state index is -3.06. The molecule has 1 aliphatic heterocycles. The number of nitrogens with one attached hydrogen (secondary N) is 1. The fraction of sp³-hybridized carbons (Fsp3) is 0.667. The van der Waals surface area contributed by atoms with Gasteiger partial charge in [-0.05, 0) is 50.7 Å². The van der Waals surface area contributed by atoms with E-state index in [2.05, 4.69) is 10.1 Å². The van der Waals surface area contributed by atoms with Gasteiger partial charge in [0, 0.05) is 24.1 Å². The summed E-state index contributed by atoms with van der Waals surface area (Å²) in [5.41, 5.74) is 0. The zero-order valence-electron chi connectivity index (χ0n) is 16.8. The number of carbonyl (C=O) groups excluding carboxylic acids is 1. The zero-order chi connectivity index (χ0) is 22.2. The maximum atomic E-state index is 13.4. The number of alkyl halides is 4. The summed E-state index contributed by atoms with van der Waals surface area (Å²) < 4.78 is 74.4. The summed E-state index contributed by atoms with van der Waals surface area (Å²) in [7, 11) is 0. The molecule has 1 aromatic rings. The molecule has 0 bridgehead atoms. The molecule has 1 aromatic carbocycles. The molecule has 2 saturated carbocycles. The Bertz CT molecular complexity index is 787. The molecule has 0 unspecified atom stereocenters. The lowest BCUT2D eigenvalue weighted by atomic mass is 9.80. The lowest BCUT2D eigenvalue weighted by Gasteiger charge is -2.46. The van der Waals surface area contributed by atoms with Gasteiger partial charge < -0.3 is 14.8 Å². The second-order valence-electron chi connectivity index (χ2n) is 8.65. The molecular weight excluding hydrogens is 423 g/mol. The molecule has 2 aliphatic carbocycles. The van der Waals surface area contributed by atoms with Crippen molar-refractivity contribution in [3.8, 4) is 11.5 Å². The Hall–Kier alpha value is -2.10. The molecule has 0 atom stereocenters. The molecule has 3 fully saturated rings. The van der Waals surface area contributed by atoms with Crippen molar-refractivity contribution < 1.29 is 36.2 Å². The van der Waals surface area contributed by atoms with Crippen molar-refractivity contribution in [2.45, 2.75) is 69.2 Å². The molecule has 4 rings (SSSR count). The van der Waals surface area contributed by atoms with Gasteiger partial charge in [0.05, 0.1) is 13.1 Å². The van der Waals surface area contributed by atoms with Crippen LogP contribution in [0.15, 0.2) is 18.2 Å². The van der Waals surface area contributed by atoms with Gasteiger partial charge in [-0.15, -0.1) is 0 Å². The van der Waals surface area contributed by atoms with Crippen molar-refractivity contribution in [2.24, 2.45) is 5.92 Å². The van der Waals surface area contributed by atoms with E-state index in [4.69, 9.17) is 4.74 Å². The first-order chi connectivity index (χ1) is 14.7. The number of hydrogen-bond acceptors (Lipinski definition) is 4. The van der Waals surface area contributed by atoms with Gasteiger partial charge in [-0.25, -0.2) is 13.2 Å². The van der Waals surface area contributed by atoms with E-state index in [-0.39, 0.29) is 54.6 Å². The fourth-order valence-electron chi connectivity index (χ4n) is 4.53. The number of halogens is 5. The number of rotatable bonds is 7. The second-order valence-corrected chi connectivity index (χ2v) is 8.65. The van der Waals surface area contributed by atoms with Crippen LogP contribution in [0, 0.1) is 11.7 Å². The van der Waals surface area contributed by atoms with Crippen molar-refractivity contribution in [1.82, 2.24) is 10.2 Å². The molecule has 1 heterocycles. The number of likely N-dealkylation sites (tertiary alicyclic amines) is 1. The molecule has 172 valence electrons. The average molecular weight is 448 g/mol. The molecule has 0 aromatic heterocycles. The van der Waals surface area contributed by atoms with Crippen LogP contribution in [0.3, 0.4) is 0 Å². The normalized spacial score (nSPS) is 30.3. The molecule has 0 radical (unpaired) electrons. The molecule has 1 saturated heterocycles. The Morgan fingerprint density at radius 3 is 2.39 bits per heavy atom. The maximum absolute atomic E-state index is 13.4. The fourth-order valence-corrected chi connectivity index (χ4v) is 4.53. The van der Waals surface area contributed by atoms with Crippen LogP contribution >= 0.6 is 0 Å². The summed E-state index contributed by atoms with van der Waals surface area (Å²) >= 11 is 0. The van der Waals surface area contributed by atoms with Crippen molar-refractivity contribution >= 4 is 5.91 Å². The van der Waals surface area contributed by atoms with Crippen LogP contribution in [-0.4, -0.2) is 54.6 Å². The highest BCUT2D eigenvalue weighted by Gasteiger charge is 2.47. The standard InChI is InChI=1S/C21H25F5N2O3/c22-13-1-6-17(31-20(23)24)18(9-13)30-16-7-12(8-16)19(29)27-14-2-4-15(5-3-14)28-10-21(25,26)11-28/h1,6,9,12,14-16,20H,2-5,7-8,10-11H2,(H,27,29). The number of hydrogen-bond donors (Lipinski definition) is 1. The van der Waals surface area contributed by atoms with Gasteiger partial charge in [0.25, 0.3) is 5.92 Å². The second kappa shape index (κ2) is 8.80. The summed E-state index contributed by atoms with van der Waals surface area (Å²) in [4.78, 5) is 14.3. The van der Waals surface area contributed by atoms with Gasteiger partial charge in [-0.2, -0.15) is 8.78 Å². The quantitative estimate of drug-likeness (QED) is 0.642. The van der Waals surface area contributed by atoms with Crippen molar-refractivity contribution in [2.75, 3.05) is 13.1 Å². The topological polar surface area (TPSA) is 50.8 Å². The Morgan fingerprint density at radius 2 is 1.77 bits per heavy atom. The van der Waals surface area contributed by atoms with Gasteiger partial charge in [0.2, 0.25) is 5.91 Å².